The molecule has 0 radical (unpaired) electrons. The van der Waals surface area contributed by atoms with Gasteiger partial charge in [-0.1, -0.05) is 12.8 Å². The van der Waals surface area contributed by atoms with Gasteiger partial charge in [-0.05, 0) is 39.7 Å². The molecule has 6 heteroatoms. The van der Waals surface area contributed by atoms with E-state index in [1.165, 1.54) is 25.7 Å². The van der Waals surface area contributed by atoms with E-state index in [9.17, 15) is 4.79 Å². The van der Waals surface area contributed by atoms with Crippen LogP contribution in [0.3, 0.4) is 0 Å². The lowest BCUT2D eigenvalue weighted by atomic mass is 10.2. The minimum Gasteiger partial charge on any atom is -0.357 e. The van der Waals surface area contributed by atoms with Crippen molar-refractivity contribution in [1.29, 1.82) is 0 Å². The summed E-state index contributed by atoms with van der Waals surface area (Å²) in [6.07, 6.45) is 7.51. The van der Waals surface area contributed by atoms with Gasteiger partial charge in [-0.2, -0.15) is 0 Å². The molecule has 132 valence electrons. The summed E-state index contributed by atoms with van der Waals surface area (Å²) < 4.78 is 0. The molecule has 0 aromatic carbocycles. The van der Waals surface area contributed by atoms with E-state index in [1.54, 1.807) is 0 Å². The summed E-state index contributed by atoms with van der Waals surface area (Å²) in [5, 5.41) is 9.50. The van der Waals surface area contributed by atoms with Gasteiger partial charge in [0, 0.05) is 38.1 Å². The highest BCUT2D eigenvalue weighted by Crippen LogP contribution is 2.28. The van der Waals surface area contributed by atoms with Crippen molar-refractivity contribution >= 4 is 11.9 Å². The zero-order chi connectivity index (χ0) is 16.5. The third-order valence-corrected chi connectivity index (χ3v) is 4.68. The van der Waals surface area contributed by atoms with Crippen molar-refractivity contribution in [3.8, 4) is 0 Å². The Hall–Kier alpha value is -1.30. The SMILES string of the molecule is CCNC(=NCCN(C)C1CCCC1)NCCNC(=O)C1CC1. The van der Waals surface area contributed by atoms with Crippen LogP contribution in [0, 0.1) is 5.92 Å². The fourth-order valence-corrected chi connectivity index (χ4v) is 3.05. The average Bonchev–Trinajstić information content (AvgIpc) is 3.25. The van der Waals surface area contributed by atoms with Crippen molar-refractivity contribution in [3.05, 3.63) is 0 Å². The molecule has 23 heavy (non-hydrogen) atoms. The van der Waals surface area contributed by atoms with Crippen molar-refractivity contribution < 1.29 is 4.79 Å². The van der Waals surface area contributed by atoms with E-state index in [0.717, 1.165) is 44.5 Å². The number of carbonyl (C=O) groups excluding carboxylic acids is 1. The molecule has 0 heterocycles. The molecule has 0 aromatic rings. The molecule has 0 aliphatic heterocycles. The molecule has 2 fully saturated rings. The zero-order valence-corrected chi connectivity index (χ0v) is 14.7. The lowest BCUT2D eigenvalue weighted by Crippen LogP contribution is -2.42. The number of hydrogen-bond acceptors (Lipinski definition) is 3. The Kier molecular flexibility index (Phi) is 7.65. The number of guanidine groups is 1. The van der Waals surface area contributed by atoms with E-state index in [0.29, 0.717) is 13.1 Å². The Balaban J connectivity index is 1.61. The lowest BCUT2D eigenvalue weighted by Gasteiger charge is -2.23. The van der Waals surface area contributed by atoms with Crippen LogP contribution in [0.25, 0.3) is 0 Å². The van der Waals surface area contributed by atoms with Gasteiger partial charge in [0.05, 0.1) is 6.54 Å². The van der Waals surface area contributed by atoms with Gasteiger partial charge in [0.1, 0.15) is 0 Å². The summed E-state index contributed by atoms with van der Waals surface area (Å²) in [6, 6.07) is 0.748. The van der Waals surface area contributed by atoms with Crippen LogP contribution < -0.4 is 16.0 Å². The highest BCUT2D eigenvalue weighted by molar-refractivity contribution is 5.81. The minimum atomic E-state index is 0.201. The molecule has 0 unspecified atom stereocenters. The van der Waals surface area contributed by atoms with Gasteiger partial charge < -0.3 is 20.9 Å². The number of nitrogens with zero attached hydrogens (tertiary/aromatic N) is 2. The maximum absolute atomic E-state index is 11.6. The number of hydrogen-bond donors (Lipinski definition) is 3. The first-order valence-corrected chi connectivity index (χ1v) is 9.21. The topological polar surface area (TPSA) is 68.8 Å². The molecule has 2 rings (SSSR count). The molecule has 3 N–H and O–H groups in total. The van der Waals surface area contributed by atoms with Crippen molar-refractivity contribution in [2.75, 3.05) is 39.8 Å². The fraction of sp³-hybridized carbons (Fsp3) is 0.882. The van der Waals surface area contributed by atoms with Gasteiger partial charge in [0.25, 0.3) is 0 Å². The Labute approximate surface area is 140 Å². The van der Waals surface area contributed by atoms with Crippen LogP contribution in [0.4, 0.5) is 0 Å². The van der Waals surface area contributed by atoms with Gasteiger partial charge in [-0.25, -0.2) is 0 Å². The normalized spacial score (nSPS) is 19.2. The van der Waals surface area contributed by atoms with Crippen molar-refractivity contribution in [2.45, 2.75) is 51.5 Å². The maximum Gasteiger partial charge on any atom is 0.223 e. The molecule has 6 nitrogen and oxygen atoms in total. The number of amides is 1. The smallest absolute Gasteiger partial charge is 0.223 e. The maximum atomic E-state index is 11.6. The zero-order valence-electron chi connectivity index (χ0n) is 14.7. The molecule has 2 aliphatic carbocycles. The van der Waals surface area contributed by atoms with Crippen LogP contribution in [-0.2, 0) is 4.79 Å². The molecule has 0 saturated heterocycles. The van der Waals surface area contributed by atoms with Crippen LogP contribution in [0.5, 0.6) is 0 Å². The number of aliphatic imine (C=N–C) groups is 1. The number of carbonyl (C=O) groups is 1. The first kappa shape index (κ1) is 18.0. The molecule has 1 amide bonds. The van der Waals surface area contributed by atoms with E-state index in [4.69, 9.17) is 0 Å². The van der Waals surface area contributed by atoms with Crippen LogP contribution in [0.15, 0.2) is 4.99 Å². The first-order chi connectivity index (χ1) is 11.2. The van der Waals surface area contributed by atoms with E-state index < -0.39 is 0 Å². The Morgan fingerprint density at radius 1 is 1.09 bits per heavy atom. The standard InChI is InChI=1S/C17H33N5O/c1-3-18-17(20-11-10-19-16(23)14-8-9-14)21-12-13-22(2)15-6-4-5-7-15/h14-15H,3-13H2,1-2H3,(H,19,23)(H2,18,20,21). The monoisotopic (exact) mass is 323 g/mol. The van der Waals surface area contributed by atoms with Crippen molar-refractivity contribution in [2.24, 2.45) is 10.9 Å². The van der Waals surface area contributed by atoms with E-state index >= 15 is 0 Å². The van der Waals surface area contributed by atoms with E-state index in [1.807, 2.05) is 0 Å². The molecule has 2 aliphatic rings. The summed E-state index contributed by atoms with van der Waals surface area (Å²) in [4.78, 5) is 18.6. The molecule has 2 saturated carbocycles. The van der Waals surface area contributed by atoms with Crippen LogP contribution in [0.1, 0.15) is 45.4 Å². The van der Waals surface area contributed by atoms with Gasteiger partial charge in [-0.15, -0.1) is 0 Å². The van der Waals surface area contributed by atoms with Crippen LogP contribution >= 0.6 is 0 Å². The predicted molar refractivity (Wildman–Crippen MR) is 94.6 cm³/mol. The molecule has 0 spiro atoms. The van der Waals surface area contributed by atoms with Crippen LogP contribution in [0.2, 0.25) is 0 Å². The van der Waals surface area contributed by atoms with Gasteiger partial charge in [0.2, 0.25) is 5.91 Å². The Bertz CT molecular complexity index is 388. The highest BCUT2D eigenvalue weighted by Gasteiger charge is 2.28. The molecule has 0 bridgehead atoms. The second kappa shape index (κ2) is 9.75. The number of nitrogens with one attached hydrogen (secondary N) is 3. The lowest BCUT2D eigenvalue weighted by molar-refractivity contribution is -0.122. The third-order valence-electron chi connectivity index (χ3n) is 4.68. The summed E-state index contributed by atoms with van der Waals surface area (Å²) in [5.41, 5.74) is 0. The quantitative estimate of drug-likeness (QED) is 0.336. The van der Waals surface area contributed by atoms with Crippen molar-refractivity contribution in [3.63, 3.8) is 0 Å². The van der Waals surface area contributed by atoms with Crippen molar-refractivity contribution in [1.82, 2.24) is 20.9 Å². The number of rotatable bonds is 9. The summed E-state index contributed by atoms with van der Waals surface area (Å²) in [5.74, 6) is 1.32. The van der Waals surface area contributed by atoms with Gasteiger partial charge in [0.15, 0.2) is 5.96 Å². The summed E-state index contributed by atoms with van der Waals surface area (Å²) in [6.45, 7) is 6.08. The van der Waals surface area contributed by atoms with E-state index in [-0.39, 0.29) is 11.8 Å². The molecule has 0 atom stereocenters. The summed E-state index contributed by atoms with van der Waals surface area (Å²) in [7, 11) is 2.21. The largest absolute Gasteiger partial charge is 0.357 e. The number of likely N-dealkylation sites (N-methyl/N-ethyl adjacent to an activating group) is 1. The van der Waals surface area contributed by atoms with Crippen LogP contribution in [-0.4, -0.2) is 62.6 Å². The first-order valence-electron chi connectivity index (χ1n) is 9.21. The molecular weight excluding hydrogens is 290 g/mol. The minimum absolute atomic E-state index is 0.201. The molecule has 0 aromatic heterocycles. The fourth-order valence-electron chi connectivity index (χ4n) is 3.05. The summed E-state index contributed by atoms with van der Waals surface area (Å²) >= 11 is 0. The predicted octanol–water partition coefficient (Wildman–Crippen LogP) is 0.942. The Morgan fingerprint density at radius 2 is 1.78 bits per heavy atom. The Morgan fingerprint density at radius 3 is 2.43 bits per heavy atom. The highest BCUT2D eigenvalue weighted by atomic mass is 16.2. The van der Waals surface area contributed by atoms with E-state index in [2.05, 4.69) is 39.8 Å². The average molecular weight is 323 g/mol. The third kappa shape index (κ3) is 6.77. The second-order valence-electron chi connectivity index (χ2n) is 6.67. The molecular formula is C17H33N5O. The van der Waals surface area contributed by atoms with Gasteiger partial charge in [-0.3, -0.25) is 9.79 Å². The van der Waals surface area contributed by atoms with Gasteiger partial charge >= 0.3 is 0 Å². The second-order valence-corrected chi connectivity index (χ2v) is 6.67.